The van der Waals surface area contributed by atoms with Gasteiger partial charge in [-0.15, -0.1) is 0 Å². The lowest BCUT2D eigenvalue weighted by Gasteiger charge is -2.33. The van der Waals surface area contributed by atoms with Crippen molar-refractivity contribution in [3.63, 3.8) is 0 Å². The number of likely N-dealkylation sites (tertiary alicyclic amines) is 1. The molecule has 1 aliphatic heterocycles. The Balaban J connectivity index is 1.54. The van der Waals surface area contributed by atoms with E-state index in [1.54, 1.807) is 18.5 Å². The van der Waals surface area contributed by atoms with Gasteiger partial charge in [-0.25, -0.2) is 4.79 Å². The van der Waals surface area contributed by atoms with E-state index in [4.69, 9.17) is 16.3 Å². The fraction of sp³-hybridized carbons (Fsp3) is 0.625. The number of hydrogen-bond donors (Lipinski definition) is 1. The van der Waals surface area contributed by atoms with Crippen LogP contribution in [0.2, 0.25) is 5.02 Å². The number of pyridine rings is 1. The minimum atomic E-state index is -0.0111. The van der Waals surface area contributed by atoms with Gasteiger partial charge in [0.05, 0.1) is 6.54 Å². The van der Waals surface area contributed by atoms with Crippen molar-refractivity contribution in [2.45, 2.75) is 50.7 Å². The van der Waals surface area contributed by atoms with Crippen molar-refractivity contribution in [1.82, 2.24) is 15.2 Å². The Hall–Kier alpha value is -1.49. The molecule has 0 spiro atoms. The summed E-state index contributed by atoms with van der Waals surface area (Å²) < 4.78 is 5.94. The Kier molecular flexibility index (Phi) is 5.03. The molecule has 0 bridgehead atoms. The lowest BCUT2D eigenvalue weighted by atomic mass is 10.1. The largest absolute Gasteiger partial charge is 0.487 e. The molecule has 1 saturated carbocycles. The highest BCUT2D eigenvalue weighted by Crippen LogP contribution is 2.26. The predicted molar refractivity (Wildman–Crippen MR) is 85.3 cm³/mol. The number of halogens is 1. The number of amides is 2. The summed E-state index contributed by atoms with van der Waals surface area (Å²) in [6.07, 6.45) is 9.76. The molecule has 1 aliphatic carbocycles. The Morgan fingerprint density at radius 2 is 2.14 bits per heavy atom. The summed E-state index contributed by atoms with van der Waals surface area (Å²) in [5.41, 5.74) is 0. The van der Waals surface area contributed by atoms with Gasteiger partial charge >= 0.3 is 6.03 Å². The van der Waals surface area contributed by atoms with E-state index in [-0.39, 0.29) is 12.1 Å². The maximum absolute atomic E-state index is 12.3. The van der Waals surface area contributed by atoms with Gasteiger partial charge in [-0.1, -0.05) is 24.4 Å². The van der Waals surface area contributed by atoms with E-state index in [1.807, 2.05) is 4.90 Å². The molecule has 2 fully saturated rings. The first-order chi connectivity index (χ1) is 10.7. The molecule has 120 valence electrons. The molecule has 1 N–H and O–H groups in total. The maximum Gasteiger partial charge on any atom is 0.317 e. The van der Waals surface area contributed by atoms with Crippen LogP contribution in [0.3, 0.4) is 0 Å². The number of urea groups is 1. The summed E-state index contributed by atoms with van der Waals surface area (Å²) in [7, 11) is 0. The fourth-order valence-electron chi connectivity index (χ4n) is 3.19. The number of aromatic nitrogens is 1. The molecule has 1 atom stereocenters. The average Bonchev–Trinajstić information content (AvgIpc) is 3.03. The molecule has 1 aromatic heterocycles. The monoisotopic (exact) mass is 323 g/mol. The smallest absolute Gasteiger partial charge is 0.317 e. The van der Waals surface area contributed by atoms with Crippen LogP contribution in [0.5, 0.6) is 5.75 Å². The number of hydrogen-bond acceptors (Lipinski definition) is 3. The first-order valence-corrected chi connectivity index (χ1v) is 8.42. The number of nitrogens with zero attached hydrogens (tertiary/aromatic N) is 2. The van der Waals surface area contributed by atoms with Crippen LogP contribution in [0, 0.1) is 0 Å². The molecule has 1 unspecified atom stereocenters. The van der Waals surface area contributed by atoms with E-state index in [1.165, 1.54) is 12.8 Å². The minimum absolute atomic E-state index is 0.0111. The SMILES string of the molecule is O=C(NC1CCCC1)N1CCCC(Oc2ccncc2Cl)C1. The zero-order valence-corrected chi connectivity index (χ0v) is 13.4. The van der Waals surface area contributed by atoms with Gasteiger partial charge < -0.3 is 15.0 Å². The van der Waals surface area contributed by atoms with Crippen LogP contribution >= 0.6 is 11.6 Å². The average molecular weight is 324 g/mol. The highest BCUT2D eigenvalue weighted by Gasteiger charge is 2.27. The van der Waals surface area contributed by atoms with Gasteiger partial charge in [0.1, 0.15) is 16.9 Å². The first-order valence-electron chi connectivity index (χ1n) is 8.04. The number of rotatable bonds is 3. The van der Waals surface area contributed by atoms with Crippen molar-refractivity contribution >= 4 is 17.6 Å². The molecule has 1 aromatic rings. The zero-order valence-electron chi connectivity index (χ0n) is 12.6. The van der Waals surface area contributed by atoms with Crippen LogP contribution in [-0.4, -0.2) is 41.2 Å². The lowest BCUT2D eigenvalue weighted by molar-refractivity contribution is 0.100. The van der Waals surface area contributed by atoms with Crippen molar-refractivity contribution in [2.75, 3.05) is 13.1 Å². The highest BCUT2D eigenvalue weighted by atomic mass is 35.5. The molecule has 22 heavy (non-hydrogen) atoms. The Morgan fingerprint density at radius 3 is 2.91 bits per heavy atom. The zero-order chi connectivity index (χ0) is 15.4. The summed E-state index contributed by atoms with van der Waals surface area (Å²) in [5, 5.41) is 3.65. The second-order valence-electron chi connectivity index (χ2n) is 6.07. The molecule has 0 aromatic carbocycles. The third kappa shape index (κ3) is 3.83. The van der Waals surface area contributed by atoms with E-state index < -0.39 is 0 Å². The second kappa shape index (κ2) is 7.18. The van der Waals surface area contributed by atoms with Crippen LogP contribution in [0.1, 0.15) is 38.5 Å². The van der Waals surface area contributed by atoms with E-state index >= 15 is 0 Å². The molecule has 2 heterocycles. The molecule has 2 aliphatic rings. The van der Waals surface area contributed by atoms with Crippen molar-refractivity contribution in [2.24, 2.45) is 0 Å². The number of piperidine rings is 1. The van der Waals surface area contributed by atoms with Crippen LogP contribution in [-0.2, 0) is 0 Å². The van der Waals surface area contributed by atoms with Gasteiger partial charge in [0.2, 0.25) is 0 Å². The Bertz CT molecular complexity index is 520. The Morgan fingerprint density at radius 1 is 1.32 bits per heavy atom. The van der Waals surface area contributed by atoms with Gasteiger partial charge in [0.15, 0.2) is 0 Å². The van der Waals surface area contributed by atoms with Crippen LogP contribution in [0.4, 0.5) is 4.79 Å². The molecule has 1 saturated heterocycles. The molecule has 2 amide bonds. The summed E-state index contributed by atoms with van der Waals surface area (Å²) in [6, 6.07) is 2.16. The quantitative estimate of drug-likeness (QED) is 0.929. The molecular formula is C16H22ClN3O2. The van der Waals surface area contributed by atoms with Gasteiger partial charge in [-0.2, -0.15) is 0 Å². The molecule has 0 radical (unpaired) electrons. The van der Waals surface area contributed by atoms with Crippen molar-refractivity contribution in [1.29, 1.82) is 0 Å². The Labute approximate surface area is 136 Å². The van der Waals surface area contributed by atoms with Crippen LogP contribution in [0.25, 0.3) is 0 Å². The van der Waals surface area contributed by atoms with Crippen LogP contribution in [0.15, 0.2) is 18.5 Å². The summed E-state index contributed by atoms with van der Waals surface area (Å²) in [4.78, 5) is 18.2. The van der Waals surface area contributed by atoms with Gasteiger partial charge in [0.25, 0.3) is 0 Å². The topological polar surface area (TPSA) is 54.5 Å². The van der Waals surface area contributed by atoms with Gasteiger partial charge in [0, 0.05) is 31.0 Å². The van der Waals surface area contributed by atoms with Crippen molar-refractivity contribution < 1.29 is 9.53 Å². The van der Waals surface area contributed by atoms with E-state index in [9.17, 15) is 4.79 Å². The fourth-order valence-corrected chi connectivity index (χ4v) is 3.36. The molecule has 6 heteroatoms. The second-order valence-corrected chi connectivity index (χ2v) is 6.47. The molecule has 3 rings (SSSR count). The third-order valence-corrected chi connectivity index (χ3v) is 4.66. The van der Waals surface area contributed by atoms with E-state index in [0.717, 1.165) is 32.2 Å². The highest BCUT2D eigenvalue weighted by molar-refractivity contribution is 6.31. The third-order valence-electron chi connectivity index (χ3n) is 4.38. The van der Waals surface area contributed by atoms with Crippen molar-refractivity contribution in [3.8, 4) is 5.75 Å². The van der Waals surface area contributed by atoms with E-state index in [2.05, 4.69) is 10.3 Å². The lowest BCUT2D eigenvalue weighted by Crippen LogP contribution is -2.50. The predicted octanol–water partition coefficient (Wildman–Crippen LogP) is 3.23. The van der Waals surface area contributed by atoms with Gasteiger partial charge in [-0.3, -0.25) is 4.98 Å². The number of ether oxygens (including phenoxy) is 1. The van der Waals surface area contributed by atoms with Crippen LogP contribution < -0.4 is 10.1 Å². The number of carbonyl (C=O) groups is 1. The number of nitrogens with one attached hydrogen (secondary N) is 1. The summed E-state index contributed by atoms with van der Waals surface area (Å²) >= 11 is 6.08. The standard InChI is InChI=1S/C16H22ClN3O2/c17-14-10-18-8-7-15(14)22-13-6-3-9-20(11-13)16(21)19-12-4-1-2-5-12/h7-8,10,12-13H,1-6,9,11H2,(H,19,21). The van der Waals surface area contributed by atoms with E-state index in [0.29, 0.717) is 23.4 Å². The summed E-state index contributed by atoms with van der Waals surface area (Å²) in [5.74, 6) is 0.639. The van der Waals surface area contributed by atoms with Crippen molar-refractivity contribution in [3.05, 3.63) is 23.5 Å². The maximum atomic E-state index is 12.3. The number of carbonyl (C=O) groups excluding carboxylic acids is 1. The minimum Gasteiger partial charge on any atom is -0.487 e. The molecule has 5 nitrogen and oxygen atoms in total. The van der Waals surface area contributed by atoms with Gasteiger partial charge in [-0.05, 0) is 25.7 Å². The summed E-state index contributed by atoms with van der Waals surface area (Å²) in [6.45, 7) is 1.40. The normalized spacial score (nSPS) is 22.6. The first kappa shape index (κ1) is 15.4. The molecular weight excluding hydrogens is 302 g/mol.